The van der Waals surface area contributed by atoms with E-state index in [1.807, 2.05) is 79.7 Å². The van der Waals surface area contributed by atoms with Crippen LogP contribution in [0.4, 0.5) is 17.6 Å². The lowest BCUT2D eigenvalue weighted by atomic mass is 10.0. The Morgan fingerprint density at radius 2 is 0.897 bits per heavy atom. The quantitative estimate of drug-likeness (QED) is 0.0432. The topological polar surface area (TPSA) is 127 Å². The number of nitrogens with zero attached hydrogens (tertiary/aromatic N) is 3. The number of thiophene rings is 3. The molecule has 3 aromatic heterocycles. The highest BCUT2D eigenvalue weighted by molar-refractivity contribution is 7.22. The maximum absolute atomic E-state index is 14.6. The highest BCUT2D eigenvalue weighted by atomic mass is 35.5. The predicted octanol–water partition coefficient (Wildman–Crippen LogP) is 21.3. The van der Waals surface area contributed by atoms with E-state index in [4.69, 9.17) is 35.3 Å². The lowest BCUT2D eigenvalue weighted by Crippen LogP contribution is -2.27. The highest BCUT2D eigenvalue weighted by Crippen LogP contribution is 2.48. The Morgan fingerprint density at radius 1 is 0.477 bits per heavy atom. The summed E-state index contributed by atoms with van der Waals surface area (Å²) in [6, 6.07) is 54.1. The molecule has 0 radical (unpaired) electrons. The summed E-state index contributed by atoms with van der Waals surface area (Å²) in [7, 11) is 0. The van der Waals surface area contributed by atoms with Gasteiger partial charge < -0.3 is 33.7 Å². The first kappa shape index (κ1) is 73.1. The maximum atomic E-state index is 14.6. The van der Waals surface area contributed by atoms with Gasteiger partial charge in [-0.25, -0.2) is 4.39 Å². The van der Waals surface area contributed by atoms with Crippen molar-refractivity contribution in [1.29, 1.82) is 0 Å². The van der Waals surface area contributed by atoms with Gasteiger partial charge in [-0.1, -0.05) is 87.0 Å². The average molecular weight is 1520 g/mol. The van der Waals surface area contributed by atoms with Crippen LogP contribution in [0.2, 0.25) is 5.02 Å². The summed E-state index contributed by atoms with van der Waals surface area (Å²) in [6.07, 6.45) is -1.25. The second-order valence-corrected chi connectivity index (χ2v) is 32.3. The number of carbonyl (C=O) groups excluding carboxylic acids is 3. The summed E-state index contributed by atoms with van der Waals surface area (Å²) >= 11 is 10.1. The van der Waals surface area contributed by atoms with E-state index in [-0.39, 0.29) is 52.0 Å². The molecule has 15 rings (SSSR count). The lowest BCUT2D eigenvalue weighted by molar-refractivity contribution is -0.137. The second kappa shape index (κ2) is 31.0. The number of aryl methyl sites for hydroxylation is 2. The predicted molar refractivity (Wildman–Crippen MR) is 417 cm³/mol. The van der Waals surface area contributed by atoms with Crippen LogP contribution in [0.25, 0.3) is 30.3 Å². The number of rotatable bonds is 25. The molecule has 9 aromatic carbocycles. The van der Waals surface area contributed by atoms with Gasteiger partial charge in [0, 0.05) is 116 Å². The molecule has 5 atom stereocenters. The molecule has 12 nitrogen and oxygen atoms in total. The number of likely N-dealkylation sites (tertiary alicyclic amines) is 3. The van der Waals surface area contributed by atoms with Crippen LogP contribution in [-0.4, -0.2) is 108 Å². The number of alkyl halides is 3. The van der Waals surface area contributed by atoms with Crippen LogP contribution >= 0.6 is 45.6 Å². The molecule has 3 fully saturated rings. The molecule has 12 aromatic rings. The summed E-state index contributed by atoms with van der Waals surface area (Å²) in [5.74, 6) is 3.56. The van der Waals surface area contributed by atoms with Crippen molar-refractivity contribution >= 4 is 93.2 Å². The van der Waals surface area contributed by atoms with Crippen molar-refractivity contribution in [3.8, 4) is 51.7 Å². The molecule has 1 N–H and O–H groups in total. The minimum Gasteiger partial charge on any atom is -0.508 e. The van der Waals surface area contributed by atoms with E-state index in [0.717, 1.165) is 131 Å². The zero-order valence-corrected chi connectivity index (χ0v) is 62.9. The number of ether oxygens (including phenoxy) is 5. The van der Waals surface area contributed by atoms with Crippen LogP contribution in [0.1, 0.15) is 106 Å². The molecule has 3 saturated heterocycles. The molecule has 6 heterocycles. The zero-order valence-electron chi connectivity index (χ0n) is 59.6. The van der Waals surface area contributed by atoms with E-state index < -0.39 is 28.9 Å². The Bertz CT molecular complexity index is 5330. The van der Waals surface area contributed by atoms with Crippen molar-refractivity contribution in [2.24, 2.45) is 17.8 Å². The van der Waals surface area contributed by atoms with Gasteiger partial charge in [-0.05, 0) is 213 Å². The number of phenols is 1. The molecule has 107 heavy (non-hydrogen) atoms. The first-order chi connectivity index (χ1) is 51.6. The van der Waals surface area contributed by atoms with E-state index in [1.165, 1.54) is 71.1 Å². The third-order valence-electron chi connectivity index (χ3n) is 20.7. The molecule has 0 spiro atoms. The SMILES string of the molecule is Cc1cc(F)ccc1C(=O)c1sc2cc(OC3CN(CCc4ccc(Oc5c(C(=O)c6ccc(Cl)cc6C)sc6cc(OC7CN(CCc8ccc(Oc9c(C(=O)c%10ccccc%10C(F)(F)F)sc%10cc(O)ccc9%10)cc8)C[C@H]7C)ccc56)cc4)C[C@H]3C)ccc2c1Oc1ccc(CCN2CC[C@H](C)C2)cc1. The van der Waals surface area contributed by atoms with Crippen molar-refractivity contribution in [3.05, 3.63) is 264 Å². The van der Waals surface area contributed by atoms with Gasteiger partial charge in [0.15, 0.2) is 17.2 Å². The molecule has 0 amide bonds. The van der Waals surface area contributed by atoms with E-state index in [0.29, 0.717) is 94.8 Å². The smallest absolute Gasteiger partial charge is 0.417 e. The third-order valence-corrected chi connectivity index (χ3v) is 24.4. The van der Waals surface area contributed by atoms with Crippen LogP contribution in [0, 0.1) is 37.4 Å². The van der Waals surface area contributed by atoms with Crippen molar-refractivity contribution < 1.29 is 60.7 Å². The van der Waals surface area contributed by atoms with Crippen LogP contribution < -0.4 is 23.7 Å². The molecular weight excluding hydrogens is 1440 g/mol. The van der Waals surface area contributed by atoms with Crippen LogP contribution in [-0.2, 0) is 25.4 Å². The van der Waals surface area contributed by atoms with Gasteiger partial charge in [0.1, 0.15) is 67.2 Å². The Kier molecular flexibility index (Phi) is 21.2. The highest BCUT2D eigenvalue weighted by Gasteiger charge is 2.38. The summed E-state index contributed by atoms with van der Waals surface area (Å²) < 4.78 is 92.0. The van der Waals surface area contributed by atoms with Crippen molar-refractivity contribution in [1.82, 2.24) is 14.7 Å². The molecule has 3 aliphatic rings. The number of carbonyl (C=O) groups is 3. The standard InChI is InChI=1S/C87H78ClF4N3O9S3/c1-50-32-36-93(45-50)37-33-55-10-19-62(20-11-55)104-83-71-31-26-65(44-77(71)107-85(83)79(98)67-28-17-59(89)41-52(67)3)101-74-49-95(47-54(74)5)39-35-57-14-23-63(24-15-57)103-82-70-30-25-64(43-76(70)106-84(82)78(97)66-27-16-58(88)40-51(66)2)100-73-48-94(46-53(73)4)38-34-56-12-21-61(22-13-56)102-81-69-29-18-60(96)42-75(69)105-86(81)80(99)68-8-6-7-9-72(68)87(90,91)92/h6-31,40-44,50,53-54,73-74,96H,32-39,45-49H2,1-5H3/t50-,53+,54+,73?,74?/m0/s1. The number of phenolic OH excluding ortho intramolecular Hbond substituents is 1. The second-order valence-electron chi connectivity index (χ2n) is 28.7. The normalized spacial score (nSPS) is 17.9. The fraction of sp³-hybridized carbons (Fsp3) is 0.276. The van der Waals surface area contributed by atoms with Gasteiger partial charge in [0.05, 0.1) is 5.56 Å². The molecule has 0 bridgehead atoms. The summed E-state index contributed by atoms with van der Waals surface area (Å²) in [4.78, 5) is 51.1. The van der Waals surface area contributed by atoms with E-state index >= 15 is 0 Å². The van der Waals surface area contributed by atoms with E-state index in [1.54, 1.807) is 49.4 Å². The van der Waals surface area contributed by atoms with Gasteiger partial charge in [-0.15, -0.1) is 34.0 Å². The van der Waals surface area contributed by atoms with Crippen molar-refractivity contribution in [2.45, 2.75) is 78.7 Å². The first-order valence-electron chi connectivity index (χ1n) is 36.1. The third kappa shape index (κ3) is 16.2. The van der Waals surface area contributed by atoms with Crippen LogP contribution in [0.3, 0.4) is 0 Å². The molecule has 0 aliphatic carbocycles. The Morgan fingerprint density at radius 3 is 1.35 bits per heavy atom. The number of aromatic hydroxyl groups is 1. The molecule has 2 unspecified atom stereocenters. The Labute approximate surface area is 635 Å². The Balaban J connectivity index is 0.578. The summed E-state index contributed by atoms with van der Waals surface area (Å²) in [5.41, 5.74) is 4.11. The Hall–Kier alpha value is -9.44. The van der Waals surface area contributed by atoms with Gasteiger partial charge >= 0.3 is 6.18 Å². The summed E-state index contributed by atoms with van der Waals surface area (Å²) in [6.45, 7) is 18.3. The molecular formula is C87H78ClF4N3O9S3. The van der Waals surface area contributed by atoms with Crippen LogP contribution in [0.5, 0.6) is 51.7 Å². The molecule has 3 aliphatic heterocycles. The van der Waals surface area contributed by atoms with E-state index in [9.17, 15) is 37.1 Å². The lowest BCUT2D eigenvalue weighted by Gasteiger charge is -2.18. The van der Waals surface area contributed by atoms with Crippen molar-refractivity contribution in [3.63, 3.8) is 0 Å². The monoisotopic (exact) mass is 1520 g/mol. The van der Waals surface area contributed by atoms with Crippen molar-refractivity contribution in [2.75, 3.05) is 58.9 Å². The fourth-order valence-electron chi connectivity index (χ4n) is 14.8. The minimum atomic E-state index is -4.75. The van der Waals surface area contributed by atoms with Gasteiger partial charge in [0.25, 0.3) is 0 Å². The minimum absolute atomic E-state index is 0.0106. The number of hydrogen-bond acceptors (Lipinski definition) is 15. The van der Waals surface area contributed by atoms with Gasteiger partial charge in [-0.2, -0.15) is 13.2 Å². The average Bonchev–Trinajstić information content (AvgIpc) is 1.73. The van der Waals surface area contributed by atoms with Gasteiger partial charge in [0.2, 0.25) is 17.3 Å². The fourth-order valence-corrected chi connectivity index (χ4v) is 18.4. The van der Waals surface area contributed by atoms with Gasteiger partial charge in [-0.3, -0.25) is 24.2 Å². The number of fused-ring (bicyclic) bond motifs is 3. The molecule has 548 valence electrons. The number of halogens is 5. The number of ketones is 3. The molecule has 20 heteroatoms. The largest absolute Gasteiger partial charge is 0.508 e. The number of hydrogen-bond donors (Lipinski definition) is 1. The number of benzene rings is 9. The first-order valence-corrected chi connectivity index (χ1v) is 38.9. The zero-order chi connectivity index (χ0) is 74.4. The summed E-state index contributed by atoms with van der Waals surface area (Å²) in [5, 5.41) is 12.9. The maximum Gasteiger partial charge on any atom is 0.417 e. The van der Waals surface area contributed by atoms with Crippen LogP contribution in [0.15, 0.2) is 188 Å². The van der Waals surface area contributed by atoms with E-state index in [2.05, 4.69) is 59.7 Å². The molecule has 0 saturated carbocycles.